The molecule has 0 atom stereocenters. The number of likely N-dealkylation sites (N-methyl/N-ethyl adjacent to an activating group) is 1. The molecule has 1 amide bonds. The summed E-state index contributed by atoms with van der Waals surface area (Å²) in [6, 6.07) is 11.1. The van der Waals surface area contributed by atoms with E-state index in [1.165, 1.54) is 11.8 Å². The summed E-state index contributed by atoms with van der Waals surface area (Å²) in [6.45, 7) is 2.51. The number of halogens is 1. The van der Waals surface area contributed by atoms with Crippen molar-refractivity contribution in [1.29, 1.82) is 0 Å². The lowest BCUT2D eigenvalue weighted by atomic mass is 10.2. The maximum absolute atomic E-state index is 12.5. The average molecular weight is 344 g/mol. The van der Waals surface area contributed by atoms with Crippen molar-refractivity contribution in [2.24, 2.45) is 4.99 Å². The van der Waals surface area contributed by atoms with Crippen LogP contribution in [0.5, 0.6) is 0 Å². The van der Waals surface area contributed by atoms with Crippen molar-refractivity contribution >= 4 is 46.2 Å². The van der Waals surface area contributed by atoms with Crippen LogP contribution in [0.25, 0.3) is 6.08 Å². The van der Waals surface area contributed by atoms with E-state index in [9.17, 15) is 4.79 Å². The van der Waals surface area contributed by atoms with Gasteiger partial charge >= 0.3 is 0 Å². The second kappa shape index (κ2) is 6.98. The second-order valence-corrected chi connectivity index (χ2v) is 6.26. The van der Waals surface area contributed by atoms with E-state index in [0.717, 1.165) is 11.3 Å². The molecule has 0 aliphatic carbocycles. The van der Waals surface area contributed by atoms with Crippen LogP contribution in [0.1, 0.15) is 12.5 Å². The van der Waals surface area contributed by atoms with Gasteiger partial charge in [0.2, 0.25) is 0 Å². The number of carbonyl (C=O) groups excluding carboxylic acids is 1. The number of aromatic nitrogens is 1. The minimum absolute atomic E-state index is 0.0323. The number of benzene rings is 1. The fourth-order valence-electron chi connectivity index (χ4n) is 2.11. The normalized spacial score (nSPS) is 18.2. The highest BCUT2D eigenvalue weighted by molar-refractivity contribution is 8.18. The monoisotopic (exact) mass is 343 g/mol. The zero-order valence-corrected chi connectivity index (χ0v) is 14.0. The molecule has 2 aromatic rings. The SMILES string of the molecule is CCN1C(=O)/C(=C/c2ccc(Cl)cc2)SC1=Nc1cccnc1. The Morgan fingerprint density at radius 2 is 2.09 bits per heavy atom. The summed E-state index contributed by atoms with van der Waals surface area (Å²) >= 11 is 7.26. The summed E-state index contributed by atoms with van der Waals surface area (Å²) in [6.07, 6.45) is 5.23. The second-order valence-electron chi connectivity index (χ2n) is 4.82. The zero-order valence-electron chi connectivity index (χ0n) is 12.4. The molecular formula is C17H14ClN3OS. The van der Waals surface area contributed by atoms with Crippen LogP contribution < -0.4 is 0 Å². The Labute approximate surface area is 143 Å². The van der Waals surface area contributed by atoms with Gasteiger partial charge in [0.1, 0.15) is 0 Å². The van der Waals surface area contributed by atoms with Crippen molar-refractivity contribution in [3.63, 3.8) is 0 Å². The maximum Gasteiger partial charge on any atom is 0.266 e. The standard InChI is InChI=1S/C17H14ClN3OS/c1-2-21-16(22)15(10-12-5-7-13(18)8-6-12)23-17(21)20-14-4-3-9-19-11-14/h3-11H,2H2,1H3/b15-10-,20-17?. The van der Waals surface area contributed by atoms with Gasteiger partial charge in [0, 0.05) is 17.8 Å². The summed E-state index contributed by atoms with van der Waals surface area (Å²) in [5.41, 5.74) is 1.66. The molecule has 23 heavy (non-hydrogen) atoms. The van der Waals surface area contributed by atoms with Crippen LogP contribution in [0.4, 0.5) is 5.69 Å². The van der Waals surface area contributed by atoms with Crippen LogP contribution >= 0.6 is 23.4 Å². The van der Waals surface area contributed by atoms with Gasteiger partial charge < -0.3 is 0 Å². The maximum atomic E-state index is 12.5. The molecule has 0 saturated carbocycles. The first kappa shape index (κ1) is 15.8. The Hall–Kier alpha value is -2.11. The molecule has 1 aromatic heterocycles. The van der Waals surface area contributed by atoms with Gasteiger partial charge in [-0.15, -0.1) is 0 Å². The Bertz CT molecular complexity index is 772. The third-order valence-corrected chi connectivity index (χ3v) is 4.50. The molecule has 4 nitrogen and oxygen atoms in total. The van der Waals surface area contributed by atoms with Gasteiger partial charge in [-0.25, -0.2) is 4.99 Å². The fraction of sp³-hybridized carbons (Fsp3) is 0.118. The zero-order chi connectivity index (χ0) is 16.2. The molecule has 1 aliphatic rings. The number of amides is 1. The van der Waals surface area contributed by atoms with Gasteiger partial charge in [-0.2, -0.15) is 0 Å². The Morgan fingerprint density at radius 1 is 1.30 bits per heavy atom. The first-order chi connectivity index (χ1) is 11.2. The third-order valence-electron chi connectivity index (χ3n) is 3.24. The van der Waals surface area contributed by atoms with Gasteiger partial charge in [-0.05, 0) is 54.6 Å². The third kappa shape index (κ3) is 3.63. The fourth-order valence-corrected chi connectivity index (χ4v) is 3.30. The summed E-state index contributed by atoms with van der Waals surface area (Å²) < 4.78 is 0. The molecule has 2 heterocycles. The van der Waals surface area contributed by atoms with Crippen molar-refractivity contribution < 1.29 is 4.79 Å². The molecule has 0 bridgehead atoms. The van der Waals surface area contributed by atoms with Gasteiger partial charge in [-0.3, -0.25) is 14.7 Å². The number of aliphatic imine (C=N–C) groups is 1. The molecular weight excluding hydrogens is 330 g/mol. The Morgan fingerprint density at radius 3 is 2.74 bits per heavy atom. The number of amidine groups is 1. The largest absolute Gasteiger partial charge is 0.287 e. The van der Waals surface area contributed by atoms with Crippen LogP contribution in [0.3, 0.4) is 0 Å². The van der Waals surface area contributed by atoms with Crippen molar-refractivity contribution in [2.45, 2.75) is 6.92 Å². The van der Waals surface area contributed by atoms with Crippen molar-refractivity contribution in [2.75, 3.05) is 6.54 Å². The van der Waals surface area contributed by atoms with Crippen LogP contribution in [0.15, 0.2) is 58.7 Å². The predicted octanol–water partition coefficient (Wildman–Crippen LogP) is 4.36. The lowest BCUT2D eigenvalue weighted by molar-refractivity contribution is -0.122. The lowest BCUT2D eigenvalue weighted by Crippen LogP contribution is -2.28. The Kier molecular flexibility index (Phi) is 4.79. The number of pyridine rings is 1. The molecule has 0 unspecified atom stereocenters. The molecule has 0 radical (unpaired) electrons. The van der Waals surface area contributed by atoms with Gasteiger partial charge in [0.05, 0.1) is 16.8 Å². The minimum Gasteiger partial charge on any atom is -0.287 e. The highest BCUT2D eigenvalue weighted by Gasteiger charge is 2.32. The van der Waals surface area contributed by atoms with Crippen LogP contribution in [0, 0.1) is 0 Å². The summed E-state index contributed by atoms with van der Waals surface area (Å²) in [5, 5.41) is 1.34. The number of thioether (sulfide) groups is 1. The molecule has 3 rings (SSSR count). The topological polar surface area (TPSA) is 45.6 Å². The molecule has 1 aliphatic heterocycles. The van der Waals surface area contributed by atoms with E-state index in [0.29, 0.717) is 21.6 Å². The van der Waals surface area contributed by atoms with E-state index >= 15 is 0 Å². The van der Waals surface area contributed by atoms with E-state index in [-0.39, 0.29) is 5.91 Å². The summed E-state index contributed by atoms with van der Waals surface area (Å²) in [4.78, 5) is 23.4. The number of hydrogen-bond acceptors (Lipinski definition) is 4. The molecule has 0 N–H and O–H groups in total. The highest BCUT2D eigenvalue weighted by Crippen LogP contribution is 2.33. The number of hydrogen-bond donors (Lipinski definition) is 0. The minimum atomic E-state index is -0.0323. The van der Waals surface area contributed by atoms with Crippen LogP contribution in [-0.2, 0) is 4.79 Å². The van der Waals surface area contributed by atoms with Gasteiger partial charge in [0.15, 0.2) is 5.17 Å². The quantitative estimate of drug-likeness (QED) is 0.778. The van der Waals surface area contributed by atoms with Crippen LogP contribution in [0.2, 0.25) is 5.02 Å². The van der Waals surface area contributed by atoms with E-state index in [2.05, 4.69) is 9.98 Å². The van der Waals surface area contributed by atoms with Gasteiger partial charge in [0.25, 0.3) is 5.91 Å². The molecule has 1 aromatic carbocycles. The van der Waals surface area contributed by atoms with Crippen LogP contribution in [-0.4, -0.2) is 27.5 Å². The van der Waals surface area contributed by atoms with E-state index in [1.54, 1.807) is 29.4 Å². The summed E-state index contributed by atoms with van der Waals surface area (Å²) in [5.74, 6) is -0.0323. The number of nitrogens with zero attached hydrogens (tertiary/aromatic N) is 3. The predicted molar refractivity (Wildman–Crippen MR) is 95.7 cm³/mol. The molecule has 1 fully saturated rings. The molecule has 1 saturated heterocycles. The van der Waals surface area contributed by atoms with E-state index in [1.807, 2.05) is 37.3 Å². The average Bonchev–Trinajstić information content (AvgIpc) is 2.85. The van der Waals surface area contributed by atoms with E-state index in [4.69, 9.17) is 11.6 Å². The molecule has 6 heteroatoms. The van der Waals surface area contributed by atoms with Crippen molar-refractivity contribution in [3.05, 3.63) is 64.3 Å². The smallest absolute Gasteiger partial charge is 0.266 e. The highest BCUT2D eigenvalue weighted by atomic mass is 35.5. The first-order valence-electron chi connectivity index (χ1n) is 7.13. The molecule has 116 valence electrons. The lowest BCUT2D eigenvalue weighted by Gasteiger charge is -2.11. The summed E-state index contributed by atoms with van der Waals surface area (Å²) in [7, 11) is 0. The number of rotatable bonds is 3. The van der Waals surface area contributed by atoms with E-state index < -0.39 is 0 Å². The van der Waals surface area contributed by atoms with Gasteiger partial charge in [-0.1, -0.05) is 23.7 Å². The Balaban J connectivity index is 1.91. The first-order valence-corrected chi connectivity index (χ1v) is 8.32. The van der Waals surface area contributed by atoms with Crippen molar-refractivity contribution in [1.82, 2.24) is 9.88 Å². The molecule has 0 spiro atoms. The van der Waals surface area contributed by atoms with Crippen molar-refractivity contribution in [3.8, 4) is 0 Å². The number of carbonyl (C=O) groups is 1.